The smallest absolute Gasteiger partial charge is 0.409 e. The van der Waals surface area contributed by atoms with Crippen molar-refractivity contribution >= 4 is 12.2 Å². The van der Waals surface area contributed by atoms with E-state index in [1.54, 1.807) is 39.2 Å². The van der Waals surface area contributed by atoms with Crippen molar-refractivity contribution in [1.29, 1.82) is 0 Å². The van der Waals surface area contributed by atoms with Gasteiger partial charge in [-0.3, -0.25) is 10.6 Å². The first-order chi connectivity index (χ1) is 15.0. The molecule has 8 heteroatoms. The zero-order valence-electron chi connectivity index (χ0n) is 19.3. The van der Waals surface area contributed by atoms with Gasteiger partial charge in [-0.1, -0.05) is 51.5 Å². The predicted octanol–water partition coefficient (Wildman–Crippen LogP) is 5.32. The second-order valence-corrected chi connectivity index (χ2v) is 7.04. The highest BCUT2D eigenvalue weighted by atomic mass is 16.6. The maximum atomic E-state index is 11.9. The Hall–Kier alpha value is -2.64. The molecule has 2 N–H and O–H groups in total. The number of methoxy groups -OCH3 is 1. The summed E-state index contributed by atoms with van der Waals surface area (Å²) in [5, 5.41) is 5.21. The summed E-state index contributed by atoms with van der Waals surface area (Å²) in [4.78, 5) is 23.8. The SMILES string of the molecule is CCCCCCCCCOc1ccc(C(NC(=O)OCC)NC(=O)OCC)cc1OC. The molecule has 0 radical (unpaired) electrons. The molecule has 0 aliphatic rings. The quantitative estimate of drug-likeness (QED) is 0.284. The molecule has 0 unspecified atom stereocenters. The Bertz CT molecular complexity index is 633. The van der Waals surface area contributed by atoms with E-state index in [-0.39, 0.29) is 13.2 Å². The van der Waals surface area contributed by atoms with E-state index in [1.165, 1.54) is 32.1 Å². The van der Waals surface area contributed by atoms with Crippen molar-refractivity contribution in [1.82, 2.24) is 10.6 Å². The minimum Gasteiger partial charge on any atom is -0.493 e. The minimum atomic E-state index is -0.843. The third kappa shape index (κ3) is 10.8. The van der Waals surface area contributed by atoms with E-state index < -0.39 is 18.4 Å². The number of rotatable bonds is 15. The molecule has 0 fully saturated rings. The minimum absolute atomic E-state index is 0.215. The van der Waals surface area contributed by atoms with Crippen LogP contribution >= 0.6 is 0 Å². The lowest BCUT2D eigenvalue weighted by atomic mass is 10.1. The second kappa shape index (κ2) is 16.1. The van der Waals surface area contributed by atoms with Gasteiger partial charge < -0.3 is 18.9 Å². The van der Waals surface area contributed by atoms with E-state index in [9.17, 15) is 9.59 Å². The van der Waals surface area contributed by atoms with Gasteiger partial charge in [0.05, 0.1) is 26.9 Å². The summed E-state index contributed by atoms with van der Waals surface area (Å²) in [5.41, 5.74) is 0.598. The average molecular weight is 439 g/mol. The standard InChI is InChI=1S/C23H38N2O6/c1-5-8-9-10-11-12-13-16-31-19-15-14-18(17-20(19)28-4)21(24-22(26)29-6-2)25-23(27)30-7-3/h14-15,17,21H,5-13,16H2,1-4H3,(H,24,26)(H,25,27). The molecule has 0 aromatic heterocycles. The molecule has 0 saturated heterocycles. The van der Waals surface area contributed by atoms with Crippen LogP contribution in [0.15, 0.2) is 18.2 Å². The summed E-state index contributed by atoms with van der Waals surface area (Å²) < 4.78 is 21.2. The molecule has 0 atom stereocenters. The molecular weight excluding hydrogens is 400 g/mol. The van der Waals surface area contributed by atoms with Gasteiger partial charge in [-0.15, -0.1) is 0 Å². The van der Waals surface area contributed by atoms with E-state index >= 15 is 0 Å². The molecule has 1 rings (SSSR count). The van der Waals surface area contributed by atoms with Gasteiger partial charge in [0.15, 0.2) is 11.5 Å². The number of carbonyl (C=O) groups is 2. The number of benzene rings is 1. The summed E-state index contributed by atoms with van der Waals surface area (Å²) in [7, 11) is 1.55. The Morgan fingerprint density at radius 1 is 0.839 bits per heavy atom. The van der Waals surface area contributed by atoms with Crippen molar-refractivity contribution < 1.29 is 28.5 Å². The molecule has 31 heavy (non-hydrogen) atoms. The van der Waals surface area contributed by atoms with Gasteiger partial charge in [-0.05, 0) is 38.0 Å². The lowest BCUT2D eigenvalue weighted by Crippen LogP contribution is -2.41. The van der Waals surface area contributed by atoms with Gasteiger partial charge in [0.2, 0.25) is 0 Å². The highest BCUT2D eigenvalue weighted by Crippen LogP contribution is 2.30. The van der Waals surface area contributed by atoms with Crippen LogP contribution in [0.25, 0.3) is 0 Å². The zero-order chi connectivity index (χ0) is 22.9. The molecule has 0 saturated carbocycles. The van der Waals surface area contributed by atoms with Gasteiger partial charge in [0, 0.05) is 0 Å². The fourth-order valence-electron chi connectivity index (χ4n) is 3.01. The number of hydrogen-bond acceptors (Lipinski definition) is 6. The molecule has 2 amide bonds. The van der Waals surface area contributed by atoms with Gasteiger partial charge in [-0.25, -0.2) is 9.59 Å². The van der Waals surface area contributed by atoms with Crippen LogP contribution in [0.5, 0.6) is 11.5 Å². The lowest BCUT2D eigenvalue weighted by Gasteiger charge is -2.21. The van der Waals surface area contributed by atoms with Crippen LogP contribution in [0.4, 0.5) is 9.59 Å². The Kier molecular flexibility index (Phi) is 13.7. The number of ether oxygens (including phenoxy) is 4. The Morgan fingerprint density at radius 2 is 1.42 bits per heavy atom. The number of carbonyl (C=O) groups excluding carboxylic acids is 2. The van der Waals surface area contributed by atoms with E-state index in [0.29, 0.717) is 23.7 Å². The number of nitrogens with one attached hydrogen (secondary N) is 2. The van der Waals surface area contributed by atoms with Gasteiger partial charge in [0.25, 0.3) is 0 Å². The van der Waals surface area contributed by atoms with Crippen molar-refractivity contribution in [3.8, 4) is 11.5 Å². The number of alkyl carbamates (subject to hydrolysis) is 2. The van der Waals surface area contributed by atoms with E-state index in [0.717, 1.165) is 12.8 Å². The predicted molar refractivity (Wildman–Crippen MR) is 120 cm³/mol. The van der Waals surface area contributed by atoms with Gasteiger partial charge >= 0.3 is 12.2 Å². The van der Waals surface area contributed by atoms with Crippen molar-refractivity contribution in [3.05, 3.63) is 23.8 Å². The van der Waals surface area contributed by atoms with Gasteiger partial charge in [-0.2, -0.15) is 0 Å². The average Bonchev–Trinajstić information content (AvgIpc) is 2.75. The third-order valence-corrected chi connectivity index (χ3v) is 4.60. The topological polar surface area (TPSA) is 95.1 Å². The maximum Gasteiger partial charge on any atom is 0.409 e. The molecule has 8 nitrogen and oxygen atoms in total. The molecule has 1 aromatic carbocycles. The van der Waals surface area contributed by atoms with Crippen LogP contribution in [0.1, 0.15) is 77.4 Å². The monoisotopic (exact) mass is 438 g/mol. The Labute approximate surface area is 186 Å². The highest BCUT2D eigenvalue weighted by molar-refractivity contribution is 5.71. The molecule has 0 aliphatic carbocycles. The van der Waals surface area contributed by atoms with Crippen molar-refractivity contribution in [2.75, 3.05) is 26.9 Å². The summed E-state index contributed by atoms with van der Waals surface area (Å²) >= 11 is 0. The van der Waals surface area contributed by atoms with Crippen molar-refractivity contribution in [2.45, 2.75) is 71.9 Å². The molecule has 1 aromatic rings. The number of unbranched alkanes of at least 4 members (excludes halogenated alkanes) is 6. The molecule has 0 bridgehead atoms. The Morgan fingerprint density at radius 3 is 1.97 bits per heavy atom. The highest BCUT2D eigenvalue weighted by Gasteiger charge is 2.20. The Balaban J connectivity index is 2.72. The molecule has 0 heterocycles. The van der Waals surface area contributed by atoms with Gasteiger partial charge in [0.1, 0.15) is 6.17 Å². The fraction of sp³-hybridized carbons (Fsp3) is 0.652. The van der Waals surface area contributed by atoms with Crippen LogP contribution < -0.4 is 20.1 Å². The molecule has 0 spiro atoms. The zero-order valence-corrected chi connectivity index (χ0v) is 19.3. The first kappa shape index (κ1) is 26.4. The van der Waals surface area contributed by atoms with Crippen LogP contribution in [0.2, 0.25) is 0 Å². The molecular formula is C23H38N2O6. The van der Waals surface area contributed by atoms with E-state index in [1.807, 2.05) is 0 Å². The van der Waals surface area contributed by atoms with Crippen molar-refractivity contribution in [3.63, 3.8) is 0 Å². The van der Waals surface area contributed by atoms with Crippen LogP contribution in [-0.4, -0.2) is 39.1 Å². The van der Waals surface area contributed by atoms with E-state index in [4.69, 9.17) is 18.9 Å². The first-order valence-corrected chi connectivity index (χ1v) is 11.2. The summed E-state index contributed by atoms with van der Waals surface area (Å²) in [6.45, 7) is 6.66. The number of amides is 2. The first-order valence-electron chi connectivity index (χ1n) is 11.2. The summed E-state index contributed by atoms with van der Waals surface area (Å²) in [6.07, 6.45) is 6.32. The molecule has 176 valence electrons. The largest absolute Gasteiger partial charge is 0.493 e. The maximum absolute atomic E-state index is 11.9. The lowest BCUT2D eigenvalue weighted by molar-refractivity contribution is 0.135. The van der Waals surface area contributed by atoms with Crippen LogP contribution in [0, 0.1) is 0 Å². The number of hydrogen-bond donors (Lipinski definition) is 2. The fourth-order valence-corrected chi connectivity index (χ4v) is 3.01. The van der Waals surface area contributed by atoms with Crippen LogP contribution in [0.3, 0.4) is 0 Å². The summed E-state index contributed by atoms with van der Waals surface area (Å²) in [6, 6.07) is 5.23. The third-order valence-electron chi connectivity index (χ3n) is 4.60. The normalized spacial score (nSPS) is 10.5. The van der Waals surface area contributed by atoms with E-state index in [2.05, 4.69) is 17.6 Å². The second-order valence-electron chi connectivity index (χ2n) is 7.04. The van der Waals surface area contributed by atoms with Crippen molar-refractivity contribution in [2.24, 2.45) is 0 Å². The molecule has 0 aliphatic heterocycles. The van der Waals surface area contributed by atoms with Crippen LogP contribution in [-0.2, 0) is 9.47 Å². The summed E-state index contributed by atoms with van der Waals surface area (Å²) in [5.74, 6) is 1.13.